The zero-order valence-electron chi connectivity index (χ0n) is 12.8. The molecule has 22 heavy (non-hydrogen) atoms. The van der Waals surface area contributed by atoms with Crippen LogP contribution in [-0.4, -0.2) is 61.8 Å². The van der Waals surface area contributed by atoms with E-state index in [0.717, 1.165) is 19.5 Å². The molecule has 1 aromatic rings. The van der Waals surface area contributed by atoms with Crippen molar-refractivity contribution in [2.45, 2.75) is 31.8 Å². The van der Waals surface area contributed by atoms with Crippen molar-refractivity contribution in [1.82, 2.24) is 9.80 Å². The number of rotatable bonds is 4. The Hall–Kier alpha value is -0.920. The predicted molar refractivity (Wildman–Crippen MR) is 87.7 cm³/mol. The maximum atomic E-state index is 12.4. The topological polar surface area (TPSA) is 57.7 Å². The summed E-state index contributed by atoms with van der Waals surface area (Å²) in [6, 6.07) is 2.18. The number of hydrogen-bond donors (Lipinski definition) is 0. The number of fused-ring (bicyclic) bond motifs is 1. The standard InChI is InChI=1S/C15H22N2O3S2/c1-16(13-5-9-22(19,20)11-13)6-3-15(18)17-7-2-14-12(10-17)4-8-21-14/h4,8,13H,2-3,5-7,9-11H2,1H3. The molecule has 122 valence electrons. The van der Waals surface area contributed by atoms with Crippen molar-refractivity contribution in [2.75, 3.05) is 31.6 Å². The monoisotopic (exact) mass is 342 g/mol. The highest BCUT2D eigenvalue weighted by atomic mass is 32.2. The van der Waals surface area contributed by atoms with Gasteiger partial charge in [-0.2, -0.15) is 0 Å². The van der Waals surface area contributed by atoms with Gasteiger partial charge in [0.2, 0.25) is 5.91 Å². The summed E-state index contributed by atoms with van der Waals surface area (Å²) in [5.74, 6) is 0.687. The smallest absolute Gasteiger partial charge is 0.224 e. The summed E-state index contributed by atoms with van der Waals surface area (Å²) in [4.78, 5) is 17.7. The first-order chi connectivity index (χ1) is 10.4. The van der Waals surface area contributed by atoms with Crippen molar-refractivity contribution < 1.29 is 13.2 Å². The Labute approximate surface area is 135 Å². The van der Waals surface area contributed by atoms with Crippen LogP contribution in [0.1, 0.15) is 23.3 Å². The predicted octanol–water partition coefficient (Wildman–Crippen LogP) is 1.14. The average molecular weight is 342 g/mol. The number of hydrogen-bond acceptors (Lipinski definition) is 5. The molecule has 1 aromatic heterocycles. The van der Waals surface area contributed by atoms with E-state index in [9.17, 15) is 13.2 Å². The molecule has 1 saturated heterocycles. The van der Waals surface area contributed by atoms with Gasteiger partial charge >= 0.3 is 0 Å². The Morgan fingerprint density at radius 1 is 1.50 bits per heavy atom. The molecule has 0 bridgehead atoms. The fourth-order valence-corrected chi connectivity index (χ4v) is 5.89. The molecule has 3 rings (SSSR count). The third kappa shape index (κ3) is 3.52. The number of carbonyl (C=O) groups is 1. The number of nitrogens with zero attached hydrogens (tertiary/aromatic N) is 2. The van der Waals surface area contributed by atoms with E-state index in [1.807, 2.05) is 16.8 Å². The van der Waals surface area contributed by atoms with Crippen molar-refractivity contribution in [1.29, 1.82) is 0 Å². The van der Waals surface area contributed by atoms with E-state index in [1.54, 1.807) is 11.3 Å². The van der Waals surface area contributed by atoms with E-state index in [4.69, 9.17) is 0 Å². The molecule has 2 aliphatic heterocycles. The first-order valence-electron chi connectivity index (χ1n) is 7.68. The molecular formula is C15H22N2O3S2. The van der Waals surface area contributed by atoms with E-state index >= 15 is 0 Å². The summed E-state index contributed by atoms with van der Waals surface area (Å²) in [6.07, 6.45) is 2.11. The van der Waals surface area contributed by atoms with Crippen LogP contribution in [0.5, 0.6) is 0 Å². The van der Waals surface area contributed by atoms with Gasteiger partial charge in [0.1, 0.15) is 0 Å². The minimum absolute atomic E-state index is 0.0719. The highest BCUT2D eigenvalue weighted by Gasteiger charge is 2.31. The minimum Gasteiger partial charge on any atom is -0.338 e. The molecule has 0 spiro atoms. The largest absolute Gasteiger partial charge is 0.338 e. The summed E-state index contributed by atoms with van der Waals surface area (Å²) >= 11 is 1.77. The SMILES string of the molecule is CN(CCC(=O)N1CCc2sccc2C1)C1CCS(=O)(=O)C1. The first kappa shape index (κ1) is 16.0. The lowest BCUT2D eigenvalue weighted by atomic mass is 10.1. The molecule has 2 aliphatic rings. The van der Waals surface area contributed by atoms with Gasteiger partial charge in [-0.15, -0.1) is 11.3 Å². The fourth-order valence-electron chi connectivity index (χ4n) is 3.20. The molecule has 0 radical (unpaired) electrons. The summed E-state index contributed by atoms with van der Waals surface area (Å²) < 4.78 is 23.0. The fraction of sp³-hybridized carbons (Fsp3) is 0.667. The van der Waals surface area contributed by atoms with Crippen molar-refractivity contribution in [2.24, 2.45) is 0 Å². The molecule has 1 atom stereocenters. The molecule has 0 saturated carbocycles. The van der Waals surface area contributed by atoms with Gasteiger partial charge in [-0.3, -0.25) is 4.79 Å². The van der Waals surface area contributed by atoms with Gasteiger partial charge in [0, 0.05) is 37.0 Å². The lowest BCUT2D eigenvalue weighted by molar-refractivity contribution is -0.132. The Balaban J connectivity index is 1.49. The van der Waals surface area contributed by atoms with Gasteiger partial charge in [-0.1, -0.05) is 0 Å². The Morgan fingerprint density at radius 3 is 3.05 bits per heavy atom. The highest BCUT2D eigenvalue weighted by Crippen LogP contribution is 2.24. The molecule has 0 aliphatic carbocycles. The number of carbonyl (C=O) groups excluding carboxylic acids is 1. The molecule has 1 fully saturated rings. The van der Waals surface area contributed by atoms with Gasteiger partial charge in [0.25, 0.3) is 0 Å². The van der Waals surface area contributed by atoms with E-state index in [2.05, 4.69) is 11.4 Å². The Kier molecular flexibility index (Phi) is 4.56. The van der Waals surface area contributed by atoms with Crippen molar-refractivity contribution in [3.63, 3.8) is 0 Å². The van der Waals surface area contributed by atoms with Crippen molar-refractivity contribution >= 4 is 27.1 Å². The van der Waals surface area contributed by atoms with Crippen LogP contribution in [0.3, 0.4) is 0 Å². The maximum absolute atomic E-state index is 12.4. The first-order valence-corrected chi connectivity index (χ1v) is 10.4. The number of amides is 1. The lowest BCUT2D eigenvalue weighted by Gasteiger charge is -2.29. The van der Waals surface area contributed by atoms with Gasteiger partial charge in [0.05, 0.1) is 11.5 Å². The second-order valence-electron chi connectivity index (χ2n) is 6.22. The van der Waals surface area contributed by atoms with Crippen LogP contribution >= 0.6 is 11.3 Å². The van der Waals surface area contributed by atoms with E-state index < -0.39 is 9.84 Å². The maximum Gasteiger partial charge on any atom is 0.224 e. The van der Waals surface area contributed by atoms with Crippen molar-refractivity contribution in [3.05, 3.63) is 21.9 Å². The van der Waals surface area contributed by atoms with Crippen LogP contribution in [0, 0.1) is 0 Å². The average Bonchev–Trinajstić information content (AvgIpc) is 3.09. The van der Waals surface area contributed by atoms with Crippen LogP contribution in [-0.2, 0) is 27.6 Å². The van der Waals surface area contributed by atoms with Crippen LogP contribution in [0.15, 0.2) is 11.4 Å². The highest BCUT2D eigenvalue weighted by molar-refractivity contribution is 7.91. The zero-order valence-corrected chi connectivity index (χ0v) is 14.5. The summed E-state index contributed by atoms with van der Waals surface area (Å²) in [6.45, 7) is 2.15. The van der Waals surface area contributed by atoms with Gasteiger partial charge in [-0.25, -0.2) is 8.42 Å². The molecule has 3 heterocycles. The van der Waals surface area contributed by atoms with E-state index in [-0.39, 0.29) is 23.5 Å². The van der Waals surface area contributed by atoms with Gasteiger partial charge in [0.15, 0.2) is 9.84 Å². The normalized spacial score (nSPS) is 23.7. The van der Waals surface area contributed by atoms with Crippen LogP contribution < -0.4 is 0 Å². The van der Waals surface area contributed by atoms with E-state index in [0.29, 0.717) is 19.4 Å². The van der Waals surface area contributed by atoms with E-state index in [1.165, 1.54) is 10.4 Å². The van der Waals surface area contributed by atoms with Crippen molar-refractivity contribution in [3.8, 4) is 0 Å². The third-order valence-electron chi connectivity index (χ3n) is 4.67. The summed E-state index contributed by atoms with van der Waals surface area (Å²) in [5, 5.41) is 2.09. The molecular weight excluding hydrogens is 320 g/mol. The summed E-state index contributed by atoms with van der Waals surface area (Å²) in [5.41, 5.74) is 1.28. The van der Waals surface area contributed by atoms with Crippen LogP contribution in [0.4, 0.5) is 0 Å². The van der Waals surface area contributed by atoms with Crippen LogP contribution in [0.25, 0.3) is 0 Å². The van der Waals surface area contributed by atoms with Crippen LogP contribution in [0.2, 0.25) is 0 Å². The molecule has 7 heteroatoms. The lowest BCUT2D eigenvalue weighted by Crippen LogP contribution is -2.39. The van der Waals surface area contributed by atoms with Gasteiger partial charge in [-0.05, 0) is 36.9 Å². The Morgan fingerprint density at radius 2 is 2.32 bits per heavy atom. The second kappa shape index (κ2) is 6.29. The molecule has 0 aromatic carbocycles. The third-order valence-corrected chi connectivity index (χ3v) is 7.44. The minimum atomic E-state index is -2.86. The Bertz CT molecular complexity index is 653. The van der Waals surface area contributed by atoms with Gasteiger partial charge < -0.3 is 9.80 Å². The molecule has 5 nitrogen and oxygen atoms in total. The zero-order chi connectivity index (χ0) is 15.7. The second-order valence-corrected chi connectivity index (χ2v) is 9.45. The molecule has 1 unspecified atom stereocenters. The molecule has 1 amide bonds. The molecule has 0 N–H and O–H groups in total. The number of thiophene rings is 1. The quantitative estimate of drug-likeness (QED) is 0.823. The number of sulfone groups is 1. The summed E-state index contributed by atoms with van der Waals surface area (Å²) in [7, 11) is -0.940.